The van der Waals surface area contributed by atoms with Crippen LogP contribution in [0.25, 0.3) is 6.08 Å². The second-order valence-electron chi connectivity index (χ2n) is 3.13. The fraction of sp³-hybridized carbons (Fsp3) is 0.273. The molecule has 2 nitrogen and oxygen atoms in total. The molecule has 14 heavy (non-hydrogen) atoms. The third-order valence-corrected chi connectivity index (χ3v) is 2.54. The van der Waals surface area contributed by atoms with Gasteiger partial charge in [0.25, 0.3) is 0 Å². The zero-order valence-corrected chi connectivity index (χ0v) is 9.48. The van der Waals surface area contributed by atoms with Gasteiger partial charge in [-0.2, -0.15) is 0 Å². The summed E-state index contributed by atoms with van der Waals surface area (Å²) in [5, 5.41) is 18.6. The molecule has 0 aromatic heterocycles. The normalized spacial score (nSPS) is 16.4. The number of halogens is 1. The molecule has 76 valence electrons. The highest BCUT2D eigenvalue weighted by Crippen LogP contribution is 2.18. The Morgan fingerprint density at radius 3 is 2.36 bits per heavy atom. The lowest BCUT2D eigenvalue weighted by Gasteiger charge is -2.12. The molecule has 1 rings (SSSR count). The summed E-state index contributed by atoms with van der Waals surface area (Å²) in [5.41, 5.74) is 0.985. The van der Waals surface area contributed by atoms with Crippen molar-refractivity contribution in [1.29, 1.82) is 0 Å². The number of hydrogen-bond donors (Lipinski definition) is 2. The highest BCUT2D eigenvalue weighted by molar-refractivity contribution is 9.11. The van der Waals surface area contributed by atoms with Crippen molar-refractivity contribution in [3.8, 4) is 0 Å². The van der Waals surface area contributed by atoms with Gasteiger partial charge >= 0.3 is 0 Å². The standard InChI is InChI=1S/C11H13BrO2/c1-8(13)11(14)10(12)7-9-5-3-2-4-6-9/h2-8,11,13-14H,1H3. The lowest BCUT2D eigenvalue weighted by molar-refractivity contribution is 0.0606. The van der Waals surface area contributed by atoms with E-state index in [0.717, 1.165) is 5.56 Å². The molecule has 0 spiro atoms. The van der Waals surface area contributed by atoms with Gasteiger partial charge in [-0.05, 0) is 18.6 Å². The van der Waals surface area contributed by atoms with E-state index in [0.29, 0.717) is 4.48 Å². The summed E-state index contributed by atoms with van der Waals surface area (Å²) < 4.78 is 0.582. The maximum absolute atomic E-state index is 9.49. The largest absolute Gasteiger partial charge is 0.390 e. The molecular formula is C11H13BrO2. The number of aliphatic hydroxyl groups is 2. The van der Waals surface area contributed by atoms with Crippen molar-refractivity contribution in [3.05, 3.63) is 40.4 Å². The quantitative estimate of drug-likeness (QED) is 0.871. The molecule has 3 heteroatoms. The van der Waals surface area contributed by atoms with Crippen LogP contribution in [0.2, 0.25) is 0 Å². The van der Waals surface area contributed by atoms with E-state index in [9.17, 15) is 5.11 Å². The van der Waals surface area contributed by atoms with Gasteiger partial charge in [-0.15, -0.1) is 0 Å². The van der Waals surface area contributed by atoms with Crippen molar-refractivity contribution in [2.45, 2.75) is 19.1 Å². The first kappa shape index (κ1) is 11.4. The van der Waals surface area contributed by atoms with E-state index in [1.165, 1.54) is 0 Å². The third kappa shape index (κ3) is 3.25. The first-order chi connectivity index (χ1) is 6.61. The highest BCUT2D eigenvalue weighted by atomic mass is 79.9. The SMILES string of the molecule is CC(O)C(O)C(Br)=Cc1ccccc1. The second kappa shape index (κ2) is 5.29. The van der Waals surface area contributed by atoms with Crippen molar-refractivity contribution in [3.63, 3.8) is 0 Å². The summed E-state index contributed by atoms with van der Waals surface area (Å²) in [4.78, 5) is 0. The molecule has 1 aromatic carbocycles. The molecule has 2 atom stereocenters. The molecule has 0 aliphatic rings. The predicted molar refractivity (Wildman–Crippen MR) is 61.0 cm³/mol. The van der Waals surface area contributed by atoms with Crippen LogP contribution in [0.4, 0.5) is 0 Å². The molecule has 0 radical (unpaired) electrons. The Balaban J connectivity index is 2.79. The molecule has 2 N–H and O–H groups in total. The zero-order valence-electron chi connectivity index (χ0n) is 7.89. The van der Waals surface area contributed by atoms with Gasteiger partial charge in [-0.25, -0.2) is 0 Å². The number of benzene rings is 1. The van der Waals surface area contributed by atoms with E-state index in [2.05, 4.69) is 15.9 Å². The maximum Gasteiger partial charge on any atom is 0.111 e. The van der Waals surface area contributed by atoms with Crippen molar-refractivity contribution in [2.24, 2.45) is 0 Å². The molecule has 2 unspecified atom stereocenters. The van der Waals surface area contributed by atoms with E-state index in [4.69, 9.17) is 5.11 Å². The molecule has 0 heterocycles. The summed E-state index contributed by atoms with van der Waals surface area (Å²) in [7, 11) is 0. The van der Waals surface area contributed by atoms with Crippen LogP contribution < -0.4 is 0 Å². The van der Waals surface area contributed by atoms with E-state index in [1.54, 1.807) is 13.0 Å². The number of rotatable bonds is 3. The van der Waals surface area contributed by atoms with Crippen LogP contribution in [0, 0.1) is 0 Å². The van der Waals surface area contributed by atoms with E-state index in [-0.39, 0.29) is 0 Å². The van der Waals surface area contributed by atoms with Crippen LogP contribution in [-0.4, -0.2) is 22.4 Å². The van der Waals surface area contributed by atoms with Gasteiger partial charge in [0.1, 0.15) is 6.10 Å². The Hall–Kier alpha value is -0.640. The summed E-state index contributed by atoms with van der Waals surface area (Å²) in [6, 6.07) is 9.62. The maximum atomic E-state index is 9.49. The molecule has 0 aliphatic carbocycles. The molecule has 0 aliphatic heterocycles. The smallest absolute Gasteiger partial charge is 0.111 e. The van der Waals surface area contributed by atoms with Crippen LogP contribution in [0.15, 0.2) is 34.8 Å². The van der Waals surface area contributed by atoms with Crippen molar-refractivity contribution < 1.29 is 10.2 Å². The highest BCUT2D eigenvalue weighted by Gasteiger charge is 2.13. The van der Waals surface area contributed by atoms with E-state index >= 15 is 0 Å². The average Bonchev–Trinajstić information content (AvgIpc) is 2.18. The minimum Gasteiger partial charge on any atom is -0.390 e. The molecular weight excluding hydrogens is 244 g/mol. The van der Waals surface area contributed by atoms with Gasteiger partial charge in [-0.3, -0.25) is 0 Å². The van der Waals surface area contributed by atoms with Gasteiger partial charge < -0.3 is 10.2 Å². The van der Waals surface area contributed by atoms with Crippen LogP contribution >= 0.6 is 15.9 Å². The van der Waals surface area contributed by atoms with Crippen LogP contribution in [-0.2, 0) is 0 Å². The third-order valence-electron chi connectivity index (χ3n) is 1.84. The first-order valence-corrected chi connectivity index (χ1v) is 5.19. The number of hydrogen-bond acceptors (Lipinski definition) is 2. The van der Waals surface area contributed by atoms with Gasteiger partial charge in [0.2, 0.25) is 0 Å². The second-order valence-corrected chi connectivity index (χ2v) is 4.04. The average molecular weight is 257 g/mol. The van der Waals surface area contributed by atoms with E-state index < -0.39 is 12.2 Å². The lowest BCUT2D eigenvalue weighted by atomic mass is 10.1. The Labute approximate surface area is 92.0 Å². The lowest BCUT2D eigenvalue weighted by Crippen LogP contribution is -2.22. The Kier molecular flexibility index (Phi) is 4.32. The molecule has 0 amide bonds. The summed E-state index contributed by atoms with van der Waals surface area (Å²) in [6.07, 6.45) is 0.150. The molecule has 0 saturated carbocycles. The van der Waals surface area contributed by atoms with Crippen molar-refractivity contribution in [1.82, 2.24) is 0 Å². The van der Waals surface area contributed by atoms with Crippen LogP contribution in [0.3, 0.4) is 0 Å². The minimum atomic E-state index is -0.866. The monoisotopic (exact) mass is 256 g/mol. The topological polar surface area (TPSA) is 40.5 Å². The van der Waals surface area contributed by atoms with Gasteiger partial charge in [0, 0.05) is 4.48 Å². The van der Waals surface area contributed by atoms with Crippen molar-refractivity contribution in [2.75, 3.05) is 0 Å². The molecule has 0 bridgehead atoms. The fourth-order valence-electron chi connectivity index (χ4n) is 1.02. The van der Waals surface area contributed by atoms with Crippen molar-refractivity contribution >= 4 is 22.0 Å². The summed E-state index contributed by atoms with van der Waals surface area (Å²) in [6.45, 7) is 1.55. The molecule has 0 fully saturated rings. The van der Waals surface area contributed by atoms with Gasteiger partial charge in [0.15, 0.2) is 0 Å². The molecule has 0 saturated heterocycles. The van der Waals surface area contributed by atoms with E-state index in [1.807, 2.05) is 30.3 Å². The summed E-state index contributed by atoms with van der Waals surface area (Å²) >= 11 is 3.23. The van der Waals surface area contributed by atoms with Gasteiger partial charge in [-0.1, -0.05) is 46.3 Å². The Morgan fingerprint density at radius 2 is 1.86 bits per heavy atom. The number of aliphatic hydroxyl groups excluding tert-OH is 2. The van der Waals surface area contributed by atoms with Crippen LogP contribution in [0.5, 0.6) is 0 Å². The molecule has 1 aromatic rings. The minimum absolute atomic E-state index is 0.582. The van der Waals surface area contributed by atoms with Crippen LogP contribution in [0.1, 0.15) is 12.5 Å². The zero-order chi connectivity index (χ0) is 10.6. The first-order valence-electron chi connectivity index (χ1n) is 4.39. The Morgan fingerprint density at radius 1 is 1.29 bits per heavy atom. The Bertz CT molecular complexity index is 306. The predicted octanol–water partition coefficient (Wildman–Crippen LogP) is 2.16. The summed E-state index contributed by atoms with van der Waals surface area (Å²) in [5.74, 6) is 0. The van der Waals surface area contributed by atoms with Gasteiger partial charge in [0.05, 0.1) is 6.10 Å². The fourth-order valence-corrected chi connectivity index (χ4v) is 1.67.